The van der Waals surface area contributed by atoms with Gasteiger partial charge in [0.25, 0.3) is 0 Å². The van der Waals surface area contributed by atoms with Crippen LogP contribution in [0.2, 0.25) is 0 Å². The first-order chi connectivity index (χ1) is 12.9. The molecule has 10 heteroatoms. The Morgan fingerprint density at radius 3 is 2.74 bits per heavy atom. The van der Waals surface area contributed by atoms with E-state index in [1.807, 2.05) is 18.2 Å². The lowest BCUT2D eigenvalue weighted by Crippen LogP contribution is -2.44. The Hall–Kier alpha value is -2.19. The molecule has 27 heavy (non-hydrogen) atoms. The van der Waals surface area contributed by atoms with Crippen molar-refractivity contribution in [3.8, 4) is 11.9 Å². The van der Waals surface area contributed by atoms with Crippen LogP contribution in [0.15, 0.2) is 23.2 Å². The smallest absolute Gasteiger partial charge is 0.333 e. The zero-order valence-corrected chi connectivity index (χ0v) is 15.9. The van der Waals surface area contributed by atoms with E-state index >= 15 is 0 Å². The number of ether oxygens (including phenoxy) is 1. The highest BCUT2D eigenvalue weighted by molar-refractivity contribution is 7.84. The number of nitriles is 1. The van der Waals surface area contributed by atoms with Crippen LogP contribution in [0.25, 0.3) is 0 Å². The lowest BCUT2D eigenvalue weighted by atomic mass is 9.92. The number of nitrogens with zero attached hydrogens (tertiary/aromatic N) is 4. The number of piperidine rings is 1. The van der Waals surface area contributed by atoms with Crippen molar-refractivity contribution < 1.29 is 17.3 Å². The first-order valence-electron chi connectivity index (χ1n) is 8.73. The third-order valence-electron chi connectivity index (χ3n) is 4.99. The van der Waals surface area contributed by atoms with Gasteiger partial charge < -0.3 is 4.74 Å². The summed E-state index contributed by atoms with van der Waals surface area (Å²) in [6.07, 6.45) is 5.93. The van der Waals surface area contributed by atoms with Crippen molar-refractivity contribution >= 4 is 22.3 Å². The Bertz CT molecular complexity index is 843. The van der Waals surface area contributed by atoms with Crippen LogP contribution in [0.4, 0.5) is 5.69 Å². The Kier molecular flexibility index (Phi) is 5.96. The van der Waals surface area contributed by atoms with Crippen molar-refractivity contribution in [2.75, 3.05) is 26.8 Å². The van der Waals surface area contributed by atoms with E-state index in [1.54, 1.807) is 18.3 Å². The Morgan fingerprint density at radius 1 is 1.37 bits per heavy atom. The summed E-state index contributed by atoms with van der Waals surface area (Å²) in [6, 6.07) is 5.72. The van der Waals surface area contributed by atoms with Gasteiger partial charge in [-0.2, -0.15) is 13.7 Å². The molecule has 0 aromatic heterocycles. The van der Waals surface area contributed by atoms with Gasteiger partial charge in [-0.3, -0.25) is 9.08 Å². The van der Waals surface area contributed by atoms with Gasteiger partial charge in [-0.25, -0.2) is 15.0 Å². The van der Waals surface area contributed by atoms with Gasteiger partial charge in [0.1, 0.15) is 23.9 Å². The number of hydrogen-bond donors (Lipinski definition) is 1. The Balaban J connectivity index is 1.68. The summed E-state index contributed by atoms with van der Waals surface area (Å²) < 4.78 is 31.8. The molecule has 2 aliphatic rings. The number of aliphatic imine (C=N–C) groups is 1. The number of fused-ring (bicyclic) bond motifs is 1. The van der Waals surface area contributed by atoms with E-state index in [0.717, 1.165) is 37.2 Å². The number of benzene rings is 1. The molecule has 1 fully saturated rings. The quantitative estimate of drug-likeness (QED) is 0.726. The van der Waals surface area contributed by atoms with Gasteiger partial charge in [0.05, 0.1) is 13.7 Å². The first kappa shape index (κ1) is 19.6. The third kappa shape index (κ3) is 4.56. The molecule has 146 valence electrons. The second kappa shape index (κ2) is 8.22. The largest absolute Gasteiger partial charge is 0.494 e. The Labute approximate surface area is 159 Å². The van der Waals surface area contributed by atoms with Crippen LogP contribution in [-0.2, 0) is 14.5 Å². The maximum atomic E-state index is 10.9. The topological polar surface area (TPSA) is 121 Å². The number of nitrogens with two attached hydrogens (primary N) is 1. The summed E-state index contributed by atoms with van der Waals surface area (Å²) in [5.41, 5.74) is 1.69. The van der Waals surface area contributed by atoms with Crippen LogP contribution < -0.4 is 9.88 Å². The van der Waals surface area contributed by atoms with E-state index in [0.29, 0.717) is 18.1 Å². The molecule has 0 spiro atoms. The highest BCUT2D eigenvalue weighted by atomic mass is 32.2. The van der Waals surface area contributed by atoms with Gasteiger partial charge in [0.15, 0.2) is 6.19 Å². The van der Waals surface area contributed by atoms with E-state index in [2.05, 4.69) is 20.3 Å². The average Bonchev–Trinajstić information content (AvgIpc) is 2.66. The maximum absolute atomic E-state index is 10.9. The number of para-hydroxylation sites is 1. The lowest BCUT2D eigenvalue weighted by Gasteiger charge is -2.41. The summed E-state index contributed by atoms with van der Waals surface area (Å²) in [5.74, 6) is 1.04. The summed E-state index contributed by atoms with van der Waals surface area (Å²) in [4.78, 5) is 8.17. The molecular weight excluding hydrogens is 370 g/mol. The highest BCUT2D eigenvalue weighted by Gasteiger charge is 2.34. The van der Waals surface area contributed by atoms with Crippen LogP contribution in [0.1, 0.15) is 31.0 Å². The van der Waals surface area contributed by atoms with E-state index < -0.39 is 10.3 Å². The zero-order chi connectivity index (χ0) is 19.4. The van der Waals surface area contributed by atoms with Gasteiger partial charge in [0.2, 0.25) is 0 Å². The molecule has 1 atom stereocenters. The molecule has 0 bridgehead atoms. The standard InChI is InChI=1S/C17H23N5O4S/c1-25-15-4-2-3-14-16(15)20-12-22(11-18)17(14)21-8-5-13(6-9-21)7-10-26-27(19,23)24/h2-4,12-13,17H,5-10H2,1H3,(H2,19,23,24). The number of likely N-dealkylation sites (tertiary alicyclic amines) is 1. The van der Waals surface area contributed by atoms with Crippen LogP contribution in [0, 0.1) is 17.4 Å². The fourth-order valence-corrected chi connectivity index (χ4v) is 3.98. The van der Waals surface area contributed by atoms with Gasteiger partial charge in [0, 0.05) is 18.7 Å². The lowest BCUT2D eigenvalue weighted by molar-refractivity contribution is 0.0746. The minimum absolute atomic E-state index is 0.101. The molecule has 1 saturated heterocycles. The SMILES string of the molecule is COc1cccc2c1N=CN(C#N)C2N1CCC(CCOS(N)(=O)=O)CC1. The fourth-order valence-electron chi connectivity index (χ4n) is 3.65. The predicted octanol–water partition coefficient (Wildman–Crippen LogP) is 1.47. The molecule has 0 radical (unpaired) electrons. The van der Waals surface area contributed by atoms with Crippen LogP contribution in [0.3, 0.4) is 0 Å². The second-order valence-electron chi connectivity index (χ2n) is 6.61. The average molecular weight is 393 g/mol. The van der Waals surface area contributed by atoms with Gasteiger partial charge >= 0.3 is 10.3 Å². The molecule has 1 unspecified atom stereocenters. The van der Waals surface area contributed by atoms with Gasteiger partial charge in [-0.15, -0.1) is 0 Å². The van der Waals surface area contributed by atoms with Crippen molar-refractivity contribution in [2.45, 2.75) is 25.4 Å². The number of methoxy groups -OCH3 is 1. The summed E-state index contributed by atoms with van der Waals surface area (Å²) in [5, 5.41) is 14.4. The van der Waals surface area contributed by atoms with E-state index in [1.165, 1.54) is 0 Å². The van der Waals surface area contributed by atoms with E-state index in [4.69, 9.17) is 9.88 Å². The van der Waals surface area contributed by atoms with Crippen molar-refractivity contribution in [1.82, 2.24) is 9.80 Å². The van der Waals surface area contributed by atoms with Crippen LogP contribution in [-0.4, -0.2) is 51.4 Å². The number of rotatable bonds is 6. The predicted molar refractivity (Wildman–Crippen MR) is 99.3 cm³/mol. The molecule has 0 amide bonds. The monoisotopic (exact) mass is 393 g/mol. The van der Waals surface area contributed by atoms with E-state index in [-0.39, 0.29) is 12.8 Å². The second-order valence-corrected chi connectivity index (χ2v) is 7.83. The van der Waals surface area contributed by atoms with E-state index in [9.17, 15) is 13.7 Å². The highest BCUT2D eigenvalue weighted by Crippen LogP contribution is 2.42. The normalized spacial score (nSPS) is 20.9. The molecule has 9 nitrogen and oxygen atoms in total. The van der Waals surface area contributed by atoms with Crippen molar-refractivity contribution in [3.63, 3.8) is 0 Å². The molecule has 3 rings (SSSR count). The van der Waals surface area contributed by atoms with Crippen molar-refractivity contribution in [2.24, 2.45) is 16.0 Å². The fraction of sp³-hybridized carbons (Fsp3) is 0.529. The molecular formula is C17H23N5O4S. The Morgan fingerprint density at radius 2 is 2.11 bits per heavy atom. The first-order valence-corrected chi connectivity index (χ1v) is 10.2. The maximum Gasteiger partial charge on any atom is 0.333 e. The molecule has 2 N–H and O–H groups in total. The van der Waals surface area contributed by atoms with Crippen LogP contribution >= 0.6 is 0 Å². The van der Waals surface area contributed by atoms with Crippen LogP contribution in [0.5, 0.6) is 5.75 Å². The van der Waals surface area contributed by atoms with Gasteiger partial charge in [-0.05, 0) is 31.2 Å². The van der Waals surface area contributed by atoms with Crippen molar-refractivity contribution in [3.05, 3.63) is 23.8 Å². The zero-order valence-electron chi connectivity index (χ0n) is 15.1. The summed E-state index contributed by atoms with van der Waals surface area (Å²) >= 11 is 0. The molecule has 0 aliphatic carbocycles. The minimum atomic E-state index is -3.88. The summed E-state index contributed by atoms with van der Waals surface area (Å²) in [7, 11) is -2.28. The molecule has 1 aromatic rings. The molecule has 2 heterocycles. The molecule has 2 aliphatic heterocycles. The molecule has 1 aromatic carbocycles. The summed E-state index contributed by atoms with van der Waals surface area (Å²) in [6.45, 7) is 1.67. The van der Waals surface area contributed by atoms with Gasteiger partial charge in [-0.1, -0.05) is 12.1 Å². The minimum Gasteiger partial charge on any atom is -0.494 e. The third-order valence-corrected chi connectivity index (χ3v) is 5.48. The molecule has 0 saturated carbocycles. The van der Waals surface area contributed by atoms with Crippen molar-refractivity contribution in [1.29, 1.82) is 5.26 Å². The number of hydrogen-bond acceptors (Lipinski definition) is 8.